The second-order valence-corrected chi connectivity index (χ2v) is 4.66. The first kappa shape index (κ1) is 14.3. The van der Waals surface area contributed by atoms with Gasteiger partial charge in [-0.3, -0.25) is 10.1 Å². The predicted octanol–water partition coefficient (Wildman–Crippen LogP) is 2.85. The molecule has 2 aromatic rings. The van der Waals surface area contributed by atoms with Crippen molar-refractivity contribution in [3.05, 3.63) is 71.3 Å². The molecule has 0 aliphatic carbocycles. The average molecular weight is 269 g/mol. The van der Waals surface area contributed by atoms with Gasteiger partial charge in [0.2, 0.25) is 0 Å². The SMILES string of the molecule is COC(=O)CNC(c1ccccc1)c1ccccc1C. The molecule has 3 nitrogen and oxygen atoms in total. The van der Waals surface area contributed by atoms with Crippen LogP contribution in [0.5, 0.6) is 0 Å². The first-order chi connectivity index (χ1) is 9.72. The molecule has 1 N–H and O–H groups in total. The van der Waals surface area contributed by atoms with Crippen LogP contribution in [0.25, 0.3) is 0 Å². The third-order valence-corrected chi connectivity index (χ3v) is 3.31. The Morgan fingerprint density at radius 2 is 1.75 bits per heavy atom. The molecular formula is C17H19NO2. The van der Waals surface area contributed by atoms with E-state index in [2.05, 4.69) is 36.5 Å². The second kappa shape index (κ2) is 6.87. The van der Waals surface area contributed by atoms with Crippen molar-refractivity contribution in [2.75, 3.05) is 13.7 Å². The molecule has 3 heteroatoms. The Kier molecular flexibility index (Phi) is 4.91. The number of benzene rings is 2. The highest BCUT2D eigenvalue weighted by Gasteiger charge is 2.16. The van der Waals surface area contributed by atoms with Crippen molar-refractivity contribution in [3.63, 3.8) is 0 Å². The number of carbonyl (C=O) groups excluding carboxylic acids is 1. The van der Waals surface area contributed by atoms with Gasteiger partial charge in [-0.15, -0.1) is 0 Å². The Bertz CT molecular complexity index is 566. The van der Waals surface area contributed by atoms with E-state index in [1.165, 1.54) is 18.2 Å². The Balaban J connectivity index is 2.30. The lowest BCUT2D eigenvalue weighted by molar-refractivity contribution is -0.139. The number of esters is 1. The van der Waals surface area contributed by atoms with E-state index < -0.39 is 0 Å². The normalized spacial score (nSPS) is 11.9. The summed E-state index contributed by atoms with van der Waals surface area (Å²) < 4.78 is 4.70. The van der Waals surface area contributed by atoms with Gasteiger partial charge in [-0.05, 0) is 23.6 Å². The highest BCUT2D eigenvalue weighted by molar-refractivity contribution is 5.71. The standard InChI is InChI=1S/C17H19NO2/c1-13-8-6-7-11-15(13)17(18-12-16(19)20-2)14-9-4-3-5-10-14/h3-11,17-18H,12H2,1-2H3. The highest BCUT2D eigenvalue weighted by Crippen LogP contribution is 2.24. The first-order valence-corrected chi connectivity index (χ1v) is 6.63. The van der Waals surface area contributed by atoms with Crippen LogP contribution >= 0.6 is 0 Å². The minimum atomic E-state index is -0.264. The molecular weight excluding hydrogens is 250 g/mol. The van der Waals surface area contributed by atoms with Gasteiger partial charge in [-0.25, -0.2) is 0 Å². The van der Waals surface area contributed by atoms with Gasteiger partial charge in [0.25, 0.3) is 0 Å². The summed E-state index contributed by atoms with van der Waals surface area (Å²) in [5.74, 6) is -0.264. The number of nitrogens with one attached hydrogen (secondary N) is 1. The van der Waals surface area contributed by atoms with E-state index in [1.54, 1.807) is 0 Å². The van der Waals surface area contributed by atoms with E-state index in [9.17, 15) is 4.79 Å². The van der Waals surface area contributed by atoms with Gasteiger partial charge >= 0.3 is 5.97 Å². The van der Waals surface area contributed by atoms with Crippen LogP contribution in [0.3, 0.4) is 0 Å². The van der Waals surface area contributed by atoms with Crippen molar-refractivity contribution in [1.29, 1.82) is 0 Å². The molecule has 104 valence electrons. The summed E-state index contributed by atoms with van der Waals surface area (Å²) >= 11 is 0. The van der Waals surface area contributed by atoms with E-state index >= 15 is 0 Å². The number of hydrogen-bond donors (Lipinski definition) is 1. The molecule has 0 saturated heterocycles. The molecule has 0 aliphatic rings. The summed E-state index contributed by atoms with van der Waals surface area (Å²) in [7, 11) is 1.40. The van der Waals surface area contributed by atoms with Crippen molar-refractivity contribution in [2.45, 2.75) is 13.0 Å². The molecule has 1 unspecified atom stereocenters. The largest absolute Gasteiger partial charge is 0.468 e. The third kappa shape index (κ3) is 3.45. The van der Waals surface area contributed by atoms with Crippen LogP contribution in [0.15, 0.2) is 54.6 Å². The monoisotopic (exact) mass is 269 g/mol. The van der Waals surface area contributed by atoms with Gasteiger partial charge in [0.15, 0.2) is 0 Å². The van der Waals surface area contributed by atoms with Gasteiger partial charge in [0.05, 0.1) is 19.7 Å². The molecule has 0 saturated carbocycles. The first-order valence-electron chi connectivity index (χ1n) is 6.63. The minimum Gasteiger partial charge on any atom is -0.468 e. The second-order valence-electron chi connectivity index (χ2n) is 4.66. The number of ether oxygens (including phenoxy) is 1. The molecule has 0 fully saturated rings. The van der Waals surface area contributed by atoms with Crippen molar-refractivity contribution < 1.29 is 9.53 Å². The molecule has 0 bridgehead atoms. The maximum Gasteiger partial charge on any atom is 0.319 e. The van der Waals surface area contributed by atoms with Crippen LogP contribution in [0.4, 0.5) is 0 Å². The molecule has 0 radical (unpaired) electrons. The van der Waals surface area contributed by atoms with Gasteiger partial charge in [-0.1, -0.05) is 54.6 Å². The lowest BCUT2D eigenvalue weighted by Gasteiger charge is -2.21. The Labute approximate surface area is 119 Å². The fraction of sp³-hybridized carbons (Fsp3) is 0.235. The average Bonchev–Trinajstić information content (AvgIpc) is 2.50. The van der Waals surface area contributed by atoms with E-state index in [0.717, 1.165) is 5.56 Å². The molecule has 0 heterocycles. The highest BCUT2D eigenvalue weighted by atomic mass is 16.5. The maximum absolute atomic E-state index is 11.4. The molecule has 0 aromatic heterocycles. The quantitative estimate of drug-likeness (QED) is 0.848. The zero-order valence-electron chi connectivity index (χ0n) is 11.8. The maximum atomic E-state index is 11.4. The molecule has 1 atom stereocenters. The van der Waals surface area contributed by atoms with Gasteiger partial charge in [0, 0.05) is 0 Å². The molecule has 0 aliphatic heterocycles. The summed E-state index contributed by atoms with van der Waals surface area (Å²) in [6.45, 7) is 2.26. The van der Waals surface area contributed by atoms with E-state index in [-0.39, 0.29) is 18.6 Å². The van der Waals surface area contributed by atoms with Gasteiger partial charge < -0.3 is 4.74 Å². The molecule has 0 spiro atoms. The Morgan fingerprint density at radius 1 is 1.10 bits per heavy atom. The summed E-state index contributed by atoms with van der Waals surface area (Å²) in [4.78, 5) is 11.4. The number of rotatable bonds is 5. The van der Waals surface area contributed by atoms with E-state index in [1.807, 2.05) is 30.3 Å². The Morgan fingerprint density at radius 3 is 2.40 bits per heavy atom. The molecule has 2 aromatic carbocycles. The van der Waals surface area contributed by atoms with Crippen LogP contribution in [0.2, 0.25) is 0 Å². The zero-order chi connectivity index (χ0) is 14.4. The molecule has 0 amide bonds. The fourth-order valence-electron chi connectivity index (χ4n) is 2.22. The van der Waals surface area contributed by atoms with Crippen LogP contribution in [-0.2, 0) is 9.53 Å². The topological polar surface area (TPSA) is 38.3 Å². The van der Waals surface area contributed by atoms with E-state index in [4.69, 9.17) is 4.74 Å². The van der Waals surface area contributed by atoms with Crippen molar-refractivity contribution >= 4 is 5.97 Å². The zero-order valence-corrected chi connectivity index (χ0v) is 11.8. The predicted molar refractivity (Wildman–Crippen MR) is 79.5 cm³/mol. The van der Waals surface area contributed by atoms with Crippen LogP contribution in [0.1, 0.15) is 22.7 Å². The number of carbonyl (C=O) groups is 1. The van der Waals surface area contributed by atoms with Gasteiger partial charge in [-0.2, -0.15) is 0 Å². The number of methoxy groups -OCH3 is 1. The lowest BCUT2D eigenvalue weighted by atomic mass is 9.95. The lowest BCUT2D eigenvalue weighted by Crippen LogP contribution is -2.29. The summed E-state index contributed by atoms with van der Waals surface area (Å²) in [5.41, 5.74) is 3.49. The van der Waals surface area contributed by atoms with Crippen molar-refractivity contribution in [3.8, 4) is 0 Å². The Hall–Kier alpha value is -2.13. The van der Waals surface area contributed by atoms with Crippen molar-refractivity contribution in [2.24, 2.45) is 0 Å². The fourth-order valence-corrected chi connectivity index (χ4v) is 2.22. The van der Waals surface area contributed by atoms with Crippen LogP contribution < -0.4 is 5.32 Å². The number of hydrogen-bond acceptors (Lipinski definition) is 3. The van der Waals surface area contributed by atoms with Crippen LogP contribution in [0, 0.1) is 6.92 Å². The molecule has 2 rings (SSSR count). The van der Waals surface area contributed by atoms with Crippen molar-refractivity contribution in [1.82, 2.24) is 5.32 Å². The summed E-state index contributed by atoms with van der Waals surface area (Å²) in [5, 5.41) is 3.27. The van der Waals surface area contributed by atoms with E-state index in [0.29, 0.717) is 0 Å². The number of aryl methyl sites for hydroxylation is 1. The third-order valence-electron chi connectivity index (χ3n) is 3.31. The molecule has 20 heavy (non-hydrogen) atoms. The minimum absolute atomic E-state index is 0.0171. The summed E-state index contributed by atoms with van der Waals surface area (Å²) in [6, 6.07) is 18.3. The smallest absolute Gasteiger partial charge is 0.319 e. The summed E-state index contributed by atoms with van der Waals surface area (Å²) in [6.07, 6.45) is 0. The van der Waals surface area contributed by atoms with Gasteiger partial charge in [0.1, 0.15) is 0 Å². The van der Waals surface area contributed by atoms with Crippen LogP contribution in [-0.4, -0.2) is 19.6 Å².